The molecule has 2 heterocycles. The molecule has 0 aromatic heterocycles. The Hall–Kier alpha value is -4.66. The van der Waals surface area contributed by atoms with Crippen molar-refractivity contribution in [2.75, 3.05) is 20.2 Å². The summed E-state index contributed by atoms with van der Waals surface area (Å²) in [5, 5.41) is 12.5. The highest BCUT2D eigenvalue weighted by atomic mass is 16.5. The molecule has 9 heteroatoms. The average molecular weight is 528 g/mol. The largest absolute Gasteiger partial charge is 0.508 e. The van der Waals surface area contributed by atoms with Gasteiger partial charge in [-0.3, -0.25) is 19.2 Å². The number of methoxy groups -OCH3 is 1. The van der Waals surface area contributed by atoms with Gasteiger partial charge < -0.3 is 25.0 Å². The van der Waals surface area contributed by atoms with Gasteiger partial charge in [0, 0.05) is 24.1 Å². The summed E-state index contributed by atoms with van der Waals surface area (Å²) < 4.78 is 5.22. The SMILES string of the molecule is COc1cccc(C(=O)N[C@@H](Cc2ccc(O)cc2)C(=O)N2CCC3C2C(=O)CN3C(=O)c2ccccc2)c1. The summed E-state index contributed by atoms with van der Waals surface area (Å²) in [6.07, 6.45) is 0.625. The molecule has 0 saturated carbocycles. The van der Waals surface area contributed by atoms with Crippen molar-refractivity contribution in [2.45, 2.75) is 31.0 Å². The second-order valence-corrected chi connectivity index (χ2v) is 9.73. The number of hydrogen-bond acceptors (Lipinski definition) is 6. The van der Waals surface area contributed by atoms with Crippen molar-refractivity contribution in [1.82, 2.24) is 15.1 Å². The smallest absolute Gasteiger partial charge is 0.254 e. The third-order valence-electron chi connectivity index (χ3n) is 7.30. The Kier molecular flexibility index (Phi) is 7.31. The van der Waals surface area contributed by atoms with Crippen LogP contribution in [0, 0.1) is 0 Å². The molecular formula is C30H29N3O6. The Balaban J connectivity index is 1.38. The first kappa shape index (κ1) is 26.0. The van der Waals surface area contributed by atoms with Crippen LogP contribution in [0.2, 0.25) is 0 Å². The summed E-state index contributed by atoms with van der Waals surface area (Å²) in [5.41, 5.74) is 1.55. The number of rotatable bonds is 7. The topological polar surface area (TPSA) is 116 Å². The van der Waals surface area contributed by atoms with E-state index in [-0.39, 0.29) is 30.4 Å². The van der Waals surface area contributed by atoms with E-state index in [1.807, 2.05) is 6.07 Å². The van der Waals surface area contributed by atoms with E-state index in [4.69, 9.17) is 4.74 Å². The molecule has 3 amide bonds. The zero-order chi connectivity index (χ0) is 27.5. The van der Waals surface area contributed by atoms with Crippen LogP contribution in [0.1, 0.15) is 32.7 Å². The molecule has 0 bridgehead atoms. The first-order valence-corrected chi connectivity index (χ1v) is 12.8. The molecular weight excluding hydrogens is 498 g/mol. The molecule has 5 rings (SSSR count). The number of carbonyl (C=O) groups excluding carboxylic acids is 4. The second kappa shape index (κ2) is 11.0. The van der Waals surface area contributed by atoms with E-state index in [9.17, 15) is 24.3 Å². The summed E-state index contributed by atoms with van der Waals surface area (Å²) >= 11 is 0. The molecule has 2 N–H and O–H groups in total. The molecule has 3 aromatic rings. The van der Waals surface area contributed by atoms with Gasteiger partial charge in [-0.25, -0.2) is 0 Å². The number of fused-ring (bicyclic) bond motifs is 1. The molecule has 39 heavy (non-hydrogen) atoms. The number of phenols is 1. The van der Waals surface area contributed by atoms with E-state index in [1.165, 1.54) is 24.1 Å². The Morgan fingerprint density at radius 2 is 1.69 bits per heavy atom. The molecule has 9 nitrogen and oxygen atoms in total. The lowest BCUT2D eigenvalue weighted by Gasteiger charge is -2.28. The Morgan fingerprint density at radius 3 is 2.41 bits per heavy atom. The molecule has 2 fully saturated rings. The summed E-state index contributed by atoms with van der Waals surface area (Å²) in [6, 6.07) is 19.6. The third-order valence-corrected chi connectivity index (χ3v) is 7.30. The van der Waals surface area contributed by atoms with Crippen LogP contribution in [-0.2, 0) is 16.0 Å². The van der Waals surface area contributed by atoms with Crippen LogP contribution < -0.4 is 10.1 Å². The quantitative estimate of drug-likeness (QED) is 0.488. The monoisotopic (exact) mass is 527 g/mol. The Bertz CT molecular complexity index is 1390. The van der Waals surface area contributed by atoms with Gasteiger partial charge >= 0.3 is 0 Å². The second-order valence-electron chi connectivity index (χ2n) is 9.73. The van der Waals surface area contributed by atoms with Crippen molar-refractivity contribution in [3.63, 3.8) is 0 Å². The Labute approximate surface area is 226 Å². The number of Topliss-reactive ketones (excluding diaryl/α,β-unsaturated/α-hetero) is 1. The molecule has 2 unspecified atom stereocenters. The molecule has 3 aromatic carbocycles. The van der Waals surface area contributed by atoms with Gasteiger partial charge in [0.1, 0.15) is 23.6 Å². The zero-order valence-electron chi connectivity index (χ0n) is 21.4. The minimum Gasteiger partial charge on any atom is -0.508 e. The number of benzene rings is 3. The summed E-state index contributed by atoms with van der Waals surface area (Å²) in [5.74, 6) is -0.694. The fourth-order valence-corrected chi connectivity index (χ4v) is 5.36. The highest BCUT2D eigenvalue weighted by Crippen LogP contribution is 2.31. The maximum absolute atomic E-state index is 13.9. The standard InChI is InChI=1S/C30H29N3O6/c1-39-23-9-5-8-21(17-23)28(36)31-24(16-19-10-12-22(34)13-11-19)30(38)32-15-14-25-27(32)26(35)18-33(25)29(37)20-6-3-2-4-7-20/h2-13,17,24-25,27,34H,14-16,18H2,1H3,(H,31,36)/t24-,25?,27?/m0/s1. The number of amides is 3. The van der Waals surface area contributed by atoms with Crippen molar-refractivity contribution in [3.8, 4) is 11.5 Å². The minimum atomic E-state index is -0.973. The van der Waals surface area contributed by atoms with E-state index >= 15 is 0 Å². The number of nitrogens with one attached hydrogen (secondary N) is 1. The highest BCUT2D eigenvalue weighted by Gasteiger charge is 2.52. The van der Waals surface area contributed by atoms with E-state index < -0.39 is 29.9 Å². The lowest BCUT2D eigenvalue weighted by Crippen LogP contribution is -2.53. The maximum Gasteiger partial charge on any atom is 0.254 e. The number of likely N-dealkylation sites (tertiary alicyclic amines) is 2. The minimum absolute atomic E-state index is 0.0639. The van der Waals surface area contributed by atoms with Crippen LogP contribution in [0.5, 0.6) is 11.5 Å². The van der Waals surface area contributed by atoms with Gasteiger partial charge in [0.25, 0.3) is 11.8 Å². The molecule has 2 aliphatic rings. The number of aromatic hydroxyl groups is 1. The van der Waals surface area contributed by atoms with Crippen molar-refractivity contribution < 1.29 is 29.0 Å². The fraction of sp³-hybridized carbons (Fsp3) is 0.267. The van der Waals surface area contributed by atoms with Crippen LogP contribution in [-0.4, -0.2) is 76.7 Å². The van der Waals surface area contributed by atoms with E-state index in [0.717, 1.165) is 5.56 Å². The van der Waals surface area contributed by atoms with E-state index in [0.29, 0.717) is 29.8 Å². The number of carbonyl (C=O) groups is 4. The number of phenolic OH excluding ortho intramolecular Hbond substituents is 1. The van der Waals surface area contributed by atoms with Crippen LogP contribution >= 0.6 is 0 Å². The van der Waals surface area contributed by atoms with Gasteiger partial charge in [-0.1, -0.05) is 36.4 Å². The van der Waals surface area contributed by atoms with Gasteiger partial charge in [-0.15, -0.1) is 0 Å². The molecule has 0 spiro atoms. The van der Waals surface area contributed by atoms with Crippen LogP contribution in [0.4, 0.5) is 0 Å². The van der Waals surface area contributed by atoms with Crippen molar-refractivity contribution in [2.24, 2.45) is 0 Å². The molecule has 2 saturated heterocycles. The van der Waals surface area contributed by atoms with Crippen LogP contribution in [0.25, 0.3) is 0 Å². The summed E-state index contributed by atoms with van der Waals surface area (Å²) in [7, 11) is 1.50. The van der Waals surface area contributed by atoms with Crippen molar-refractivity contribution >= 4 is 23.5 Å². The van der Waals surface area contributed by atoms with Gasteiger partial charge in [0.15, 0.2) is 5.78 Å². The Morgan fingerprint density at radius 1 is 0.974 bits per heavy atom. The zero-order valence-corrected chi connectivity index (χ0v) is 21.4. The summed E-state index contributed by atoms with van der Waals surface area (Å²) in [6.45, 7) is 0.227. The molecule has 2 aliphatic heterocycles. The van der Waals surface area contributed by atoms with Gasteiger partial charge in [0.2, 0.25) is 5.91 Å². The first-order valence-electron chi connectivity index (χ1n) is 12.8. The van der Waals surface area contributed by atoms with Crippen molar-refractivity contribution in [3.05, 3.63) is 95.6 Å². The first-order chi connectivity index (χ1) is 18.9. The number of nitrogens with zero attached hydrogens (tertiary/aromatic N) is 2. The predicted molar refractivity (Wildman–Crippen MR) is 142 cm³/mol. The number of hydrogen-bond donors (Lipinski definition) is 2. The molecule has 0 radical (unpaired) electrons. The van der Waals surface area contributed by atoms with Crippen LogP contribution in [0.15, 0.2) is 78.9 Å². The van der Waals surface area contributed by atoms with Crippen LogP contribution in [0.3, 0.4) is 0 Å². The van der Waals surface area contributed by atoms with Crippen molar-refractivity contribution in [1.29, 1.82) is 0 Å². The number of ketones is 1. The lowest BCUT2D eigenvalue weighted by atomic mass is 10.0. The fourth-order valence-electron chi connectivity index (χ4n) is 5.36. The van der Waals surface area contributed by atoms with Gasteiger partial charge in [-0.05, 0) is 54.4 Å². The van der Waals surface area contributed by atoms with E-state index in [1.54, 1.807) is 65.6 Å². The average Bonchev–Trinajstić information content (AvgIpc) is 3.54. The van der Waals surface area contributed by atoms with Gasteiger partial charge in [0.05, 0.1) is 19.7 Å². The molecule has 3 atom stereocenters. The highest BCUT2D eigenvalue weighted by molar-refractivity contribution is 6.03. The van der Waals surface area contributed by atoms with Gasteiger partial charge in [-0.2, -0.15) is 0 Å². The third kappa shape index (κ3) is 5.34. The summed E-state index contributed by atoms with van der Waals surface area (Å²) in [4.78, 5) is 56.4. The predicted octanol–water partition coefficient (Wildman–Crippen LogP) is 2.44. The maximum atomic E-state index is 13.9. The number of ether oxygens (including phenoxy) is 1. The molecule has 200 valence electrons. The van der Waals surface area contributed by atoms with E-state index in [2.05, 4.69) is 5.32 Å². The normalized spacial score (nSPS) is 18.9. The molecule has 0 aliphatic carbocycles. The lowest BCUT2D eigenvalue weighted by molar-refractivity contribution is -0.138.